The van der Waals surface area contributed by atoms with Gasteiger partial charge in [-0.1, -0.05) is 19.1 Å². The van der Waals surface area contributed by atoms with Crippen LogP contribution >= 0.6 is 0 Å². The van der Waals surface area contributed by atoms with Crippen LogP contribution in [0.3, 0.4) is 0 Å². The molecule has 1 aromatic rings. The minimum Gasteiger partial charge on any atom is -0.316 e. The molecule has 0 heterocycles. The maximum atomic E-state index is 13.2. The van der Waals surface area contributed by atoms with E-state index < -0.39 is 0 Å². The molecule has 17 heavy (non-hydrogen) atoms. The van der Waals surface area contributed by atoms with Crippen LogP contribution < -0.4 is 5.32 Å². The first kappa shape index (κ1) is 13.9. The van der Waals surface area contributed by atoms with Crippen LogP contribution in [0.15, 0.2) is 24.3 Å². The molecule has 1 N–H and O–H groups in total. The van der Waals surface area contributed by atoms with Gasteiger partial charge in [0, 0.05) is 0 Å². The molecule has 0 saturated heterocycles. The van der Waals surface area contributed by atoms with Crippen molar-refractivity contribution in [2.24, 2.45) is 0 Å². The van der Waals surface area contributed by atoms with Crippen molar-refractivity contribution in [3.8, 4) is 0 Å². The normalized spacial score (nSPS) is 11.9. The Morgan fingerprint density at radius 3 is 2.71 bits per heavy atom. The molecule has 1 rings (SSSR count). The number of hydrogen-bond acceptors (Lipinski definition) is 1. The van der Waals surface area contributed by atoms with Gasteiger partial charge in [-0.3, -0.25) is 0 Å². The zero-order chi connectivity index (χ0) is 12.7. The molecule has 94 valence electrons. The summed E-state index contributed by atoms with van der Waals surface area (Å²) in [6, 6.07) is 5.17. The van der Waals surface area contributed by atoms with E-state index in [-0.39, 0.29) is 5.82 Å². The Morgan fingerprint density at radius 1 is 1.29 bits per heavy atom. The lowest BCUT2D eigenvalue weighted by atomic mass is 10.0. The SMILES string of the molecule is CCCNCCC=C(C)c1cc(C)cc(F)c1. The molecule has 0 bridgehead atoms. The molecule has 0 unspecified atom stereocenters. The van der Waals surface area contributed by atoms with Crippen molar-refractivity contribution in [2.75, 3.05) is 13.1 Å². The highest BCUT2D eigenvalue weighted by Gasteiger charge is 1.99. The molecular weight excluding hydrogens is 213 g/mol. The lowest BCUT2D eigenvalue weighted by Gasteiger charge is -2.05. The van der Waals surface area contributed by atoms with Gasteiger partial charge >= 0.3 is 0 Å². The topological polar surface area (TPSA) is 12.0 Å². The maximum Gasteiger partial charge on any atom is 0.124 e. The minimum atomic E-state index is -0.156. The monoisotopic (exact) mass is 235 g/mol. The Labute approximate surface area is 104 Å². The third-order valence-electron chi connectivity index (χ3n) is 2.70. The molecule has 0 fully saturated rings. The van der Waals surface area contributed by atoms with E-state index >= 15 is 0 Å². The van der Waals surface area contributed by atoms with Gasteiger partial charge in [-0.25, -0.2) is 4.39 Å². The highest BCUT2D eigenvalue weighted by atomic mass is 19.1. The Morgan fingerprint density at radius 2 is 2.06 bits per heavy atom. The van der Waals surface area contributed by atoms with E-state index in [1.807, 2.05) is 19.9 Å². The van der Waals surface area contributed by atoms with E-state index in [1.165, 1.54) is 0 Å². The van der Waals surface area contributed by atoms with Crippen molar-refractivity contribution in [1.29, 1.82) is 0 Å². The fraction of sp³-hybridized carbons (Fsp3) is 0.467. The fourth-order valence-corrected chi connectivity index (χ4v) is 1.77. The van der Waals surface area contributed by atoms with Crippen molar-refractivity contribution < 1.29 is 4.39 Å². The number of nitrogens with one attached hydrogen (secondary N) is 1. The van der Waals surface area contributed by atoms with Crippen molar-refractivity contribution in [3.63, 3.8) is 0 Å². The highest BCUT2D eigenvalue weighted by Crippen LogP contribution is 2.17. The van der Waals surface area contributed by atoms with Gasteiger partial charge in [0.05, 0.1) is 0 Å². The van der Waals surface area contributed by atoms with E-state index in [1.54, 1.807) is 12.1 Å². The summed E-state index contributed by atoms with van der Waals surface area (Å²) in [6.45, 7) is 8.16. The van der Waals surface area contributed by atoms with Gasteiger partial charge in [-0.15, -0.1) is 0 Å². The summed E-state index contributed by atoms with van der Waals surface area (Å²) >= 11 is 0. The zero-order valence-electron chi connectivity index (χ0n) is 11.0. The Hall–Kier alpha value is -1.15. The quantitative estimate of drug-likeness (QED) is 0.737. The first-order chi connectivity index (χ1) is 8.13. The average molecular weight is 235 g/mol. The molecule has 1 aromatic carbocycles. The van der Waals surface area contributed by atoms with E-state index in [4.69, 9.17) is 0 Å². The van der Waals surface area contributed by atoms with Crippen molar-refractivity contribution in [2.45, 2.75) is 33.6 Å². The average Bonchev–Trinajstić information content (AvgIpc) is 2.27. The Balaban J connectivity index is 2.55. The third kappa shape index (κ3) is 5.14. The molecule has 0 aliphatic heterocycles. The molecule has 0 radical (unpaired) electrons. The predicted molar refractivity (Wildman–Crippen MR) is 72.6 cm³/mol. The number of rotatable bonds is 6. The molecule has 0 atom stereocenters. The molecule has 0 amide bonds. The smallest absolute Gasteiger partial charge is 0.124 e. The van der Waals surface area contributed by atoms with Crippen LogP contribution in [-0.2, 0) is 0 Å². The second-order valence-corrected chi connectivity index (χ2v) is 4.44. The molecule has 1 nitrogen and oxygen atoms in total. The number of benzene rings is 1. The second kappa shape index (κ2) is 7.23. The molecule has 0 aliphatic rings. The molecule has 0 saturated carbocycles. The Bertz CT molecular complexity index is 362. The number of hydrogen-bond donors (Lipinski definition) is 1. The van der Waals surface area contributed by atoms with E-state index in [2.05, 4.69) is 18.3 Å². The first-order valence-corrected chi connectivity index (χ1v) is 6.28. The van der Waals surface area contributed by atoms with Crippen LogP contribution in [0.5, 0.6) is 0 Å². The van der Waals surface area contributed by atoms with Gasteiger partial charge in [-0.05, 0) is 68.6 Å². The third-order valence-corrected chi connectivity index (χ3v) is 2.70. The van der Waals surface area contributed by atoms with Gasteiger partial charge in [0.15, 0.2) is 0 Å². The van der Waals surface area contributed by atoms with Gasteiger partial charge in [0.1, 0.15) is 5.82 Å². The summed E-state index contributed by atoms with van der Waals surface area (Å²) in [6.07, 6.45) is 4.31. The lowest BCUT2D eigenvalue weighted by molar-refractivity contribution is 0.626. The number of aryl methyl sites for hydroxylation is 1. The fourth-order valence-electron chi connectivity index (χ4n) is 1.77. The van der Waals surface area contributed by atoms with Gasteiger partial charge in [0.2, 0.25) is 0 Å². The highest BCUT2D eigenvalue weighted by molar-refractivity contribution is 5.64. The number of halogens is 1. The number of allylic oxidation sites excluding steroid dienone is 1. The van der Waals surface area contributed by atoms with E-state index in [0.29, 0.717) is 0 Å². The molecule has 0 aliphatic carbocycles. The summed E-state index contributed by atoms with van der Waals surface area (Å²) in [5.74, 6) is -0.156. The maximum absolute atomic E-state index is 13.2. The minimum absolute atomic E-state index is 0.156. The van der Waals surface area contributed by atoms with Gasteiger partial charge in [0.25, 0.3) is 0 Å². The summed E-state index contributed by atoms with van der Waals surface area (Å²) < 4.78 is 13.2. The van der Waals surface area contributed by atoms with Crippen LogP contribution in [0.25, 0.3) is 5.57 Å². The summed E-state index contributed by atoms with van der Waals surface area (Å²) in [5, 5.41) is 3.35. The predicted octanol–water partition coefficient (Wildman–Crippen LogP) is 3.93. The van der Waals surface area contributed by atoms with Crippen LogP contribution in [0.4, 0.5) is 4.39 Å². The molecule has 0 aromatic heterocycles. The first-order valence-electron chi connectivity index (χ1n) is 6.28. The zero-order valence-corrected chi connectivity index (χ0v) is 11.0. The van der Waals surface area contributed by atoms with Crippen molar-refractivity contribution in [1.82, 2.24) is 5.32 Å². The van der Waals surface area contributed by atoms with Crippen LogP contribution in [0, 0.1) is 12.7 Å². The van der Waals surface area contributed by atoms with Crippen LogP contribution in [0.2, 0.25) is 0 Å². The summed E-state index contributed by atoms with van der Waals surface area (Å²) in [7, 11) is 0. The van der Waals surface area contributed by atoms with Crippen molar-refractivity contribution >= 4 is 5.57 Å². The second-order valence-electron chi connectivity index (χ2n) is 4.44. The van der Waals surface area contributed by atoms with Gasteiger partial charge < -0.3 is 5.32 Å². The largest absolute Gasteiger partial charge is 0.316 e. The Kier molecular flexibility index (Phi) is 5.92. The summed E-state index contributed by atoms with van der Waals surface area (Å²) in [5.41, 5.74) is 3.10. The van der Waals surface area contributed by atoms with Gasteiger partial charge in [-0.2, -0.15) is 0 Å². The summed E-state index contributed by atoms with van der Waals surface area (Å²) in [4.78, 5) is 0. The molecule has 2 heteroatoms. The molecular formula is C15H22FN. The standard InChI is InChI=1S/C15H22FN/c1-4-7-17-8-5-6-13(3)14-9-12(2)10-15(16)11-14/h6,9-11,17H,4-5,7-8H2,1-3H3. The van der Waals surface area contributed by atoms with E-state index in [9.17, 15) is 4.39 Å². The van der Waals surface area contributed by atoms with Crippen LogP contribution in [-0.4, -0.2) is 13.1 Å². The van der Waals surface area contributed by atoms with E-state index in [0.717, 1.165) is 42.6 Å². The van der Waals surface area contributed by atoms with Crippen LogP contribution in [0.1, 0.15) is 37.8 Å². The lowest BCUT2D eigenvalue weighted by Crippen LogP contribution is -2.15. The van der Waals surface area contributed by atoms with Crippen molar-refractivity contribution in [3.05, 3.63) is 41.2 Å². The molecule has 0 spiro atoms.